The lowest BCUT2D eigenvalue weighted by molar-refractivity contribution is -0.138. The fourth-order valence-electron chi connectivity index (χ4n) is 4.37. The molecule has 0 unspecified atom stereocenters. The van der Waals surface area contributed by atoms with Crippen LogP contribution in [0.1, 0.15) is 39.5 Å². The van der Waals surface area contributed by atoms with Gasteiger partial charge < -0.3 is 9.80 Å². The number of hydrogen-bond acceptors (Lipinski definition) is 3. The first kappa shape index (κ1) is 19.9. The zero-order chi connectivity index (χ0) is 19.2. The molecule has 2 aliphatic rings. The second kappa shape index (κ2) is 9.36. The quantitative estimate of drug-likeness (QED) is 0.799. The first-order valence-corrected chi connectivity index (χ1v) is 10.4. The van der Waals surface area contributed by atoms with E-state index in [2.05, 4.69) is 16.7 Å². The van der Waals surface area contributed by atoms with Crippen molar-refractivity contribution in [1.82, 2.24) is 9.80 Å². The highest BCUT2D eigenvalue weighted by Crippen LogP contribution is 2.24. The third kappa shape index (κ3) is 5.10. The maximum atomic E-state index is 12.8. The van der Waals surface area contributed by atoms with Crippen LogP contribution >= 0.6 is 0 Å². The minimum atomic E-state index is 0.137. The van der Waals surface area contributed by atoms with Gasteiger partial charge in [0.05, 0.1) is 6.54 Å². The second-order valence-corrected chi connectivity index (χ2v) is 8.06. The molecule has 0 radical (unpaired) electrons. The summed E-state index contributed by atoms with van der Waals surface area (Å²) in [7, 11) is 0. The lowest BCUT2D eigenvalue weighted by Crippen LogP contribution is -2.48. The Morgan fingerprint density at radius 2 is 1.78 bits per heavy atom. The maximum absolute atomic E-state index is 12.8. The summed E-state index contributed by atoms with van der Waals surface area (Å²) < 4.78 is 0. The fourth-order valence-corrected chi connectivity index (χ4v) is 4.37. The predicted octanol–water partition coefficient (Wildman–Crippen LogP) is 3.01. The minimum absolute atomic E-state index is 0.137. The van der Waals surface area contributed by atoms with E-state index in [9.17, 15) is 9.59 Å². The van der Waals surface area contributed by atoms with Gasteiger partial charge in [-0.05, 0) is 63.7 Å². The average Bonchev–Trinajstić information content (AvgIpc) is 2.69. The fraction of sp³-hybridized carbons (Fsp3) is 0.636. The van der Waals surface area contributed by atoms with Gasteiger partial charge in [0.25, 0.3) is 0 Å². The van der Waals surface area contributed by atoms with Crippen molar-refractivity contribution in [3.05, 3.63) is 30.3 Å². The molecule has 1 atom stereocenters. The van der Waals surface area contributed by atoms with Gasteiger partial charge in [-0.1, -0.05) is 25.1 Å². The number of nitrogens with zero attached hydrogens (tertiary/aromatic N) is 3. The van der Waals surface area contributed by atoms with Gasteiger partial charge in [0, 0.05) is 31.2 Å². The number of amides is 2. The van der Waals surface area contributed by atoms with E-state index in [1.54, 1.807) is 0 Å². The molecule has 0 aromatic heterocycles. The number of carbonyl (C=O) groups excluding carboxylic acids is 2. The van der Waals surface area contributed by atoms with E-state index in [0.717, 1.165) is 51.1 Å². The molecule has 2 amide bonds. The van der Waals surface area contributed by atoms with E-state index in [4.69, 9.17) is 0 Å². The van der Waals surface area contributed by atoms with Crippen LogP contribution in [0.25, 0.3) is 0 Å². The van der Waals surface area contributed by atoms with Crippen molar-refractivity contribution in [3.8, 4) is 0 Å². The van der Waals surface area contributed by atoms with E-state index >= 15 is 0 Å². The molecule has 2 aliphatic heterocycles. The lowest BCUT2D eigenvalue weighted by Gasteiger charge is -2.37. The first-order valence-electron chi connectivity index (χ1n) is 10.4. The number of carbonyl (C=O) groups is 2. The van der Waals surface area contributed by atoms with Gasteiger partial charge in [0.2, 0.25) is 11.8 Å². The Morgan fingerprint density at radius 3 is 2.41 bits per heavy atom. The standard InChI is InChI=1S/C22H33N3O2/c1-3-25(20-9-5-4-6-10-20)21(26)17-23-14-11-19(12-15-23)22(27)24-13-7-8-18(2)16-24/h4-6,9-10,18-19H,3,7-8,11-17H2,1-2H3/t18-/m1/s1. The Balaban J connectivity index is 1.49. The predicted molar refractivity (Wildman–Crippen MR) is 109 cm³/mol. The highest BCUT2D eigenvalue weighted by Gasteiger charge is 2.31. The number of rotatable bonds is 5. The molecule has 0 aliphatic carbocycles. The second-order valence-electron chi connectivity index (χ2n) is 8.06. The van der Waals surface area contributed by atoms with E-state index in [1.807, 2.05) is 42.2 Å². The molecular formula is C22H33N3O2. The van der Waals surface area contributed by atoms with Crippen molar-refractivity contribution >= 4 is 17.5 Å². The molecule has 5 nitrogen and oxygen atoms in total. The van der Waals surface area contributed by atoms with Crippen LogP contribution in [0.5, 0.6) is 0 Å². The van der Waals surface area contributed by atoms with Crippen LogP contribution < -0.4 is 4.90 Å². The van der Waals surface area contributed by atoms with Gasteiger partial charge in [-0.2, -0.15) is 0 Å². The Hall–Kier alpha value is -1.88. The Bertz CT molecular complexity index is 626. The van der Waals surface area contributed by atoms with Crippen LogP contribution in [0, 0.1) is 11.8 Å². The summed E-state index contributed by atoms with van der Waals surface area (Å²) in [6.45, 7) is 8.85. The smallest absolute Gasteiger partial charge is 0.241 e. The van der Waals surface area contributed by atoms with E-state index < -0.39 is 0 Å². The molecule has 3 rings (SSSR count). The highest BCUT2D eigenvalue weighted by molar-refractivity contribution is 5.94. The van der Waals surface area contributed by atoms with E-state index in [-0.39, 0.29) is 11.8 Å². The van der Waals surface area contributed by atoms with Crippen molar-refractivity contribution < 1.29 is 9.59 Å². The number of para-hydroxylation sites is 1. The summed E-state index contributed by atoms with van der Waals surface area (Å²) in [6, 6.07) is 9.85. The van der Waals surface area contributed by atoms with E-state index in [1.165, 1.54) is 6.42 Å². The number of hydrogen-bond donors (Lipinski definition) is 0. The van der Waals surface area contributed by atoms with Crippen LogP contribution in [0.4, 0.5) is 5.69 Å². The molecule has 2 saturated heterocycles. The first-order chi connectivity index (χ1) is 13.1. The van der Waals surface area contributed by atoms with Crippen molar-refractivity contribution in [3.63, 3.8) is 0 Å². The zero-order valence-corrected chi connectivity index (χ0v) is 16.8. The molecule has 148 valence electrons. The van der Waals surface area contributed by atoms with Crippen molar-refractivity contribution in [2.75, 3.05) is 44.2 Å². The zero-order valence-electron chi connectivity index (χ0n) is 16.8. The SMILES string of the molecule is CCN(C(=O)CN1CCC(C(=O)N2CCC[C@@H](C)C2)CC1)c1ccccc1. The third-order valence-electron chi connectivity index (χ3n) is 5.95. The molecule has 0 bridgehead atoms. The Kier molecular flexibility index (Phi) is 6.89. The molecule has 2 heterocycles. The van der Waals surface area contributed by atoms with Gasteiger partial charge in [-0.15, -0.1) is 0 Å². The number of likely N-dealkylation sites (tertiary alicyclic amines) is 2. The van der Waals surface area contributed by atoms with Gasteiger partial charge >= 0.3 is 0 Å². The number of likely N-dealkylation sites (N-methyl/N-ethyl adjacent to an activating group) is 1. The summed E-state index contributed by atoms with van der Waals surface area (Å²) in [4.78, 5) is 31.7. The molecule has 27 heavy (non-hydrogen) atoms. The number of benzene rings is 1. The van der Waals surface area contributed by atoms with Crippen LogP contribution in [0.3, 0.4) is 0 Å². The highest BCUT2D eigenvalue weighted by atomic mass is 16.2. The van der Waals surface area contributed by atoms with Crippen LogP contribution in [-0.4, -0.2) is 60.9 Å². The van der Waals surface area contributed by atoms with E-state index in [0.29, 0.717) is 24.9 Å². The third-order valence-corrected chi connectivity index (χ3v) is 5.95. The lowest BCUT2D eigenvalue weighted by atomic mass is 9.93. The minimum Gasteiger partial charge on any atom is -0.342 e. The normalized spacial score (nSPS) is 21.9. The van der Waals surface area contributed by atoms with Crippen molar-refractivity contribution in [2.24, 2.45) is 11.8 Å². The van der Waals surface area contributed by atoms with Gasteiger partial charge in [0.1, 0.15) is 0 Å². The van der Waals surface area contributed by atoms with Crippen LogP contribution in [-0.2, 0) is 9.59 Å². The molecule has 2 fully saturated rings. The molecule has 0 N–H and O–H groups in total. The number of piperidine rings is 2. The summed E-state index contributed by atoms with van der Waals surface area (Å²) in [5.41, 5.74) is 0.953. The summed E-state index contributed by atoms with van der Waals surface area (Å²) in [6.07, 6.45) is 4.11. The Morgan fingerprint density at radius 1 is 1.07 bits per heavy atom. The Labute approximate surface area is 163 Å². The van der Waals surface area contributed by atoms with Gasteiger partial charge in [-0.3, -0.25) is 14.5 Å². The monoisotopic (exact) mass is 371 g/mol. The average molecular weight is 372 g/mol. The summed E-state index contributed by atoms with van der Waals surface area (Å²) in [5.74, 6) is 1.24. The largest absolute Gasteiger partial charge is 0.342 e. The molecule has 5 heteroatoms. The molecular weight excluding hydrogens is 338 g/mol. The van der Waals surface area contributed by atoms with Crippen molar-refractivity contribution in [1.29, 1.82) is 0 Å². The van der Waals surface area contributed by atoms with Crippen LogP contribution in [0.2, 0.25) is 0 Å². The van der Waals surface area contributed by atoms with Crippen LogP contribution in [0.15, 0.2) is 30.3 Å². The maximum Gasteiger partial charge on any atom is 0.241 e. The number of anilines is 1. The summed E-state index contributed by atoms with van der Waals surface area (Å²) >= 11 is 0. The van der Waals surface area contributed by atoms with Gasteiger partial charge in [-0.25, -0.2) is 0 Å². The topological polar surface area (TPSA) is 43.9 Å². The van der Waals surface area contributed by atoms with Gasteiger partial charge in [0.15, 0.2) is 0 Å². The van der Waals surface area contributed by atoms with Crippen molar-refractivity contribution in [2.45, 2.75) is 39.5 Å². The molecule has 1 aromatic carbocycles. The molecule has 0 spiro atoms. The summed E-state index contributed by atoms with van der Waals surface area (Å²) in [5, 5.41) is 0. The molecule has 1 aromatic rings. The molecule has 0 saturated carbocycles.